The summed E-state index contributed by atoms with van der Waals surface area (Å²) >= 11 is 1.23. The van der Waals surface area contributed by atoms with Gasteiger partial charge >= 0.3 is 11.8 Å². The van der Waals surface area contributed by atoms with Gasteiger partial charge < -0.3 is 10.6 Å². The molecule has 1 heterocycles. The predicted octanol–water partition coefficient (Wildman–Crippen LogP) is 2.43. The lowest BCUT2D eigenvalue weighted by Gasteiger charge is -2.17. The van der Waals surface area contributed by atoms with E-state index in [2.05, 4.69) is 10.6 Å². The molecule has 2 aromatic rings. The van der Waals surface area contributed by atoms with Gasteiger partial charge in [0.2, 0.25) is 0 Å². The van der Waals surface area contributed by atoms with Crippen LogP contribution < -0.4 is 10.6 Å². The minimum absolute atomic E-state index is 0.0519. The number of thiophene rings is 1. The van der Waals surface area contributed by atoms with E-state index in [1.807, 2.05) is 6.92 Å². The first-order valence-corrected chi connectivity index (χ1v) is 10.9. The van der Waals surface area contributed by atoms with Crippen molar-refractivity contribution in [1.82, 2.24) is 10.6 Å². The van der Waals surface area contributed by atoms with Gasteiger partial charge in [-0.1, -0.05) is 19.4 Å². The lowest BCUT2D eigenvalue weighted by Crippen LogP contribution is -2.42. The average molecular weight is 413 g/mol. The Labute approximate surface area is 161 Å². The zero-order valence-electron chi connectivity index (χ0n) is 14.8. The Morgan fingerprint density at radius 2 is 1.78 bits per heavy atom. The Bertz CT molecular complexity index is 865. The molecule has 1 atom stereocenters. The van der Waals surface area contributed by atoms with Gasteiger partial charge in [0.15, 0.2) is 9.84 Å². The molecule has 2 rings (SSSR count). The summed E-state index contributed by atoms with van der Waals surface area (Å²) in [5.41, 5.74) is 0. The number of halogens is 1. The molecule has 0 saturated heterocycles. The molecule has 0 radical (unpaired) electrons. The molecule has 0 aliphatic carbocycles. The molecule has 0 spiro atoms. The highest BCUT2D eigenvalue weighted by molar-refractivity contribution is 7.91. The van der Waals surface area contributed by atoms with Gasteiger partial charge in [0, 0.05) is 18.0 Å². The first-order valence-electron chi connectivity index (χ1n) is 8.45. The van der Waals surface area contributed by atoms with Gasteiger partial charge in [0.25, 0.3) is 0 Å². The quantitative estimate of drug-likeness (QED) is 0.396. The van der Waals surface area contributed by atoms with Crippen LogP contribution >= 0.6 is 11.3 Å². The van der Waals surface area contributed by atoms with Crippen molar-refractivity contribution >= 4 is 33.0 Å². The fraction of sp³-hybridized carbons (Fsp3) is 0.333. The van der Waals surface area contributed by atoms with E-state index < -0.39 is 32.7 Å². The lowest BCUT2D eigenvalue weighted by molar-refractivity contribution is -0.139. The standard InChI is InChI=1S/C18H21FN2O4S2/c1-2-3-10-20-17(22)18(23)21-12-16(15-5-4-11-26-15)27(24,25)14-8-6-13(19)7-9-14/h4-9,11,16H,2-3,10,12H2,1H3,(H,20,22)(H,21,23)/t16-/m1/s1. The summed E-state index contributed by atoms with van der Waals surface area (Å²) in [7, 11) is -3.89. The first-order chi connectivity index (χ1) is 12.9. The molecule has 0 aliphatic heterocycles. The van der Waals surface area contributed by atoms with Crippen molar-refractivity contribution in [3.05, 3.63) is 52.5 Å². The van der Waals surface area contributed by atoms with Crippen molar-refractivity contribution in [3.8, 4) is 0 Å². The Kier molecular flexibility index (Phi) is 7.49. The van der Waals surface area contributed by atoms with Crippen molar-refractivity contribution < 1.29 is 22.4 Å². The van der Waals surface area contributed by atoms with Gasteiger partial charge in [0.05, 0.1) is 4.90 Å². The molecule has 27 heavy (non-hydrogen) atoms. The summed E-state index contributed by atoms with van der Waals surface area (Å²) in [4.78, 5) is 24.2. The number of benzene rings is 1. The molecule has 1 aromatic carbocycles. The van der Waals surface area contributed by atoms with Crippen molar-refractivity contribution in [2.45, 2.75) is 29.9 Å². The normalized spacial score (nSPS) is 12.4. The van der Waals surface area contributed by atoms with Crippen LogP contribution in [0.25, 0.3) is 0 Å². The molecule has 6 nitrogen and oxygen atoms in total. The van der Waals surface area contributed by atoms with Crippen LogP contribution in [0.1, 0.15) is 29.9 Å². The highest BCUT2D eigenvalue weighted by Gasteiger charge is 2.31. The van der Waals surface area contributed by atoms with Crippen LogP contribution in [-0.2, 0) is 19.4 Å². The molecule has 0 fully saturated rings. The molecular formula is C18H21FN2O4S2. The number of carbonyl (C=O) groups excluding carboxylic acids is 2. The summed E-state index contributed by atoms with van der Waals surface area (Å²) in [6.07, 6.45) is 1.62. The molecule has 0 saturated carbocycles. The maximum absolute atomic E-state index is 13.1. The van der Waals surface area contributed by atoms with Gasteiger partial charge in [-0.3, -0.25) is 9.59 Å². The van der Waals surface area contributed by atoms with Crippen molar-refractivity contribution in [2.24, 2.45) is 0 Å². The van der Waals surface area contributed by atoms with Gasteiger partial charge in [0.1, 0.15) is 11.1 Å². The number of carbonyl (C=O) groups is 2. The molecule has 2 N–H and O–H groups in total. The molecule has 0 unspecified atom stereocenters. The number of nitrogens with one attached hydrogen (secondary N) is 2. The van der Waals surface area contributed by atoms with Gasteiger partial charge in [-0.05, 0) is 42.1 Å². The topological polar surface area (TPSA) is 92.3 Å². The number of sulfone groups is 1. The fourth-order valence-electron chi connectivity index (χ4n) is 2.35. The van der Waals surface area contributed by atoms with E-state index in [1.165, 1.54) is 23.5 Å². The third-order valence-corrected chi connectivity index (χ3v) is 7.08. The number of hydrogen-bond donors (Lipinski definition) is 2. The van der Waals surface area contributed by atoms with E-state index >= 15 is 0 Å². The van der Waals surface area contributed by atoms with Gasteiger partial charge in [-0.25, -0.2) is 12.8 Å². The highest BCUT2D eigenvalue weighted by atomic mass is 32.2. The second kappa shape index (κ2) is 9.61. The summed E-state index contributed by atoms with van der Waals surface area (Å²) < 4.78 is 39.1. The highest BCUT2D eigenvalue weighted by Crippen LogP contribution is 2.31. The number of amides is 2. The van der Waals surface area contributed by atoms with Crippen LogP contribution in [0.2, 0.25) is 0 Å². The summed E-state index contributed by atoms with van der Waals surface area (Å²) in [5, 5.41) is 5.52. The largest absolute Gasteiger partial charge is 0.348 e. The lowest BCUT2D eigenvalue weighted by atomic mass is 10.3. The second-order valence-electron chi connectivity index (χ2n) is 5.82. The zero-order chi connectivity index (χ0) is 19.9. The Morgan fingerprint density at radius 3 is 2.37 bits per heavy atom. The Balaban J connectivity index is 2.15. The third kappa shape index (κ3) is 5.61. The van der Waals surface area contributed by atoms with E-state index in [-0.39, 0.29) is 11.4 Å². The predicted molar refractivity (Wildman–Crippen MR) is 102 cm³/mol. The fourth-order valence-corrected chi connectivity index (χ4v) is 5.14. The molecule has 1 aromatic heterocycles. The first kappa shape index (κ1) is 21.0. The summed E-state index contributed by atoms with van der Waals surface area (Å²) in [6, 6.07) is 7.85. The smallest absolute Gasteiger partial charge is 0.309 e. The molecule has 146 valence electrons. The maximum Gasteiger partial charge on any atom is 0.309 e. The molecule has 2 amide bonds. The van der Waals surface area contributed by atoms with Crippen LogP contribution in [0.15, 0.2) is 46.7 Å². The van der Waals surface area contributed by atoms with E-state index in [4.69, 9.17) is 0 Å². The number of rotatable bonds is 8. The van der Waals surface area contributed by atoms with E-state index in [0.29, 0.717) is 11.4 Å². The minimum Gasteiger partial charge on any atom is -0.348 e. The average Bonchev–Trinajstić information content (AvgIpc) is 3.16. The van der Waals surface area contributed by atoms with Crippen LogP contribution in [0.3, 0.4) is 0 Å². The zero-order valence-corrected chi connectivity index (χ0v) is 16.4. The van der Waals surface area contributed by atoms with Crippen molar-refractivity contribution in [3.63, 3.8) is 0 Å². The van der Waals surface area contributed by atoms with E-state index in [0.717, 1.165) is 25.0 Å². The van der Waals surface area contributed by atoms with Crippen LogP contribution in [0.5, 0.6) is 0 Å². The minimum atomic E-state index is -3.89. The Hall–Kier alpha value is -2.26. The third-order valence-electron chi connectivity index (χ3n) is 3.85. The van der Waals surface area contributed by atoms with E-state index in [1.54, 1.807) is 17.5 Å². The van der Waals surface area contributed by atoms with E-state index in [9.17, 15) is 22.4 Å². The van der Waals surface area contributed by atoms with Gasteiger partial charge in [-0.15, -0.1) is 11.3 Å². The second-order valence-corrected chi connectivity index (χ2v) is 8.93. The SMILES string of the molecule is CCCCNC(=O)C(=O)NC[C@H](c1cccs1)S(=O)(=O)c1ccc(F)cc1. The molecule has 0 aliphatic rings. The number of unbranched alkanes of at least 4 members (excludes halogenated alkanes) is 1. The summed E-state index contributed by atoms with van der Waals surface area (Å²) in [6.45, 7) is 2.07. The van der Waals surface area contributed by atoms with Crippen molar-refractivity contribution in [2.75, 3.05) is 13.1 Å². The van der Waals surface area contributed by atoms with Gasteiger partial charge in [-0.2, -0.15) is 0 Å². The Morgan fingerprint density at radius 1 is 1.11 bits per heavy atom. The summed E-state index contributed by atoms with van der Waals surface area (Å²) in [5.74, 6) is -2.23. The molecule has 9 heteroatoms. The van der Waals surface area contributed by atoms with Crippen LogP contribution in [-0.4, -0.2) is 33.3 Å². The molecule has 0 bridgehead atoms. The maximum atomic E-state index is 13.1. The van der Waals surface area contributed by atoms with Crippen LogP contribution in [0.4, 0.5) is 4.39 Å². The van der Waals surface area contributed by atoms with Crippen LogP contribution in [0, 0.1) is 5.82 Å². The number of hydrogen-bond acceptors (Lipinski definition) is 5. The molecular weight excluding hydrogens is 391 g/mol. The van der Waals surface area contributed by atoms with Crippen molar-refractivity contribution in [1.29, 1.82) is 0 Å². The monoisotopic (exact) mass is 412 g/mol.